The molecule has 1 heterocycles. The lowest BCUT2D eigenvalue weighted by molar-refractivity contribution is 0.108. The van der Waals surface area contributed by atoms with Crippen molar-refractivity contribution in [3.63, 3.8) is 0 Å². The highest BCUT2D eigenvalue weighted by Gasteiger charge is 2.23. The first-order valence-corrected chi connectivity index (χ1v) is 5.48. The molecular formula is C6H13NO3S. The van der Waals surface area contributed by atoms with Gasteiger partial charge >= 0.3 is 0 Å². The minimum Gasteiger partial charge on any atom is -0.392 e. The Morgan fingerprint density at radius 1 is 1.55 bits per heavy atom. The van der Waals surface area contributed by atoms with Gasteiger partial charge in [0.2, 0.25) is 10.0 Å². The summed E-state index contributed by atoms with van der Waals surface area (Å²) in [4.78, 5) is 0. The lowest BCUT2D eigenvalue weighted by Gasteiger charge is -2.27. The Kier molecular flexibility index (Phi) is 2.51. The zero-order chi connectivity index (χ0) is 8.48. The van der Waals surface area contributed by atoms with Crippen LogP contribution in [0.3, 0.4) is 0 Å². The second-order valence-corrected chi connectivity index (χ2v) is 4.90. The van der Waals surface area contributed by atoms with Crippen LogP contribution >= 0.6 is 0 Å². The SMILES string of the molecule is CS(=O)(=O)N1CCC[C@@H](O)C1. The van der Waals surface area contributed by atoms with Crippen LogP contribution in [-0.2, 0) is 10.0 Å². The fourth-order valence-electron chi connectivity index (χ4n) is 1.22. The third-order valence-electron chi connectivity index (χ3n) is 1.83. The molecule has 4 nitrogen and oxygen atoms in total. The molecule has 0 radical (unpaired) electrons. The van der Waals surface area contributed by atoms with Gasteiger partial charge in [0, 0.05) is 13.1 Å². The van der Waals surface area contributed by atoms with Crippen LogP contribution < -0.4 is 0 Å². The number of hydrogen-bond acceptors (Lipinski definition) is 3. The van der Waals surface area contributed by atoms with Crippen molar-refractivity contribution in [2.24, 2.45) is 0 Å². The predicted octanol–water partition coefficient (Wildman–Crippen LogP) is -0.597. The van der Waals surface area contributed by atoms with Crippen LogP contribution in [0.25, 0.3) is 0 Å². The van der Waals surface area contributed by atoms with Crippen molar-refractivity contribution < 1.29 is 13.5 Å². The van der Waals surface area contributed by atoms with Gasteiger partial charge in [0.1, 0.15) is 0 Å². The highest BCUT2D eigenvalue weighted by molar-refractivity contribution is 7.88. The molecule has 0 amide bonds. The molecule has 1 atom stereocenters. The molecule has 1 fully saturated rings. The number of β-amino-alcohol motifs (C(OH)–C–C–N with tert-alkyl or cyclic N) is 1. The number of piperidine rings is 1. The summed E-state index contributed by atoms with van der Waals surface area (Å²) < 4.78 is 23.2. The molecule has 1 saturated heterocycles. The number of aliphatic hydroxyl groups is 1. The molecule has 0 aromatic carbocycles. The second kappa shape index (κ2) is 3.08. The largest absolute Gasteiger partial charge is 0.392 e. The van der Waals surface area contributed by atoms with Crippen molar-refractivity contribution in [3.05, 3.63) is 0 Å². The molecule has 0 bridgehead atoms. The lowest BCUT2D eigenvalue weighted by Crippen LogP contribution is -2.41. The molecule has 1 aliphatic heterocycles. The molecule has 0 spiro atoms. The molecule has 0 aromatic heterocycles. The summed E-state index contributed by atoms with van der Waals surface area (Å²) in [5.41, 5.74) is 0. The minimum absolute atomic E-state index is 0.263. The van der Waals surface area contributed by atoms with E-state index in [1.54, 1.807) is 0 Å². The van der Waals surface area contributed by atoms with Crippen LogP contribution in [-0.4, -0.2) is 43.3 Å². The Labute approximate surface area is 66.9 Å². The third kappa shape index (κ3) is 2.43. The first kappa shape index (κ1) is 8.96. The summed E-state index contributed by atoms with van der Waals surface area (Å²) in [6.07, 6.45) is 2.17. The van der Waals surface area contributed by atoms with Gasteiger partial charge in [0.05, 0.1) is 12.4 Å². The van der Waals surface area contributed by atoms with Crippen molar-refractivity contribution >= 4 is 10.0 Å². The maximum Gasteiger partial charge on any atom is 0.211 e. The van der Waals surface area contributed by atoms with E-state index in [9.17, 15) is 8.42 Å². The van der Waals surface area contributed by atoms with Gasteiger partial charge in [-0.15, -0.1) is 0 Å². The van der Waals surface area contributed by atoms with Crippen molar-refractivity contribution in [2.75, 3.05) is 19.3 Å². The predicted molar refractivity (Wildman–Crippen MR) is 41.7 cm³/mol. The molecule has 0 aromatic rings. The van der Waals surface area contributed by atoms with Crippen LogP contribution in [0.2, 0.25) is 0 Å². The van der Waals surface area contributed by atoms with Crippen LogP contribution in [0.5, 0.6) is 0 Å². The van der Waals surface area contributed by atoms with E-state index >= 15 is 0 Å². The molecule has 66 valence electrons. The van der Waals surface area contributed by atoms with Gasteiger partial charge in [-0.25, -0.2) is 8.42 Å². The van der Waals surface area contributed by atoms with Crippen LogP contribution in [0.4, 0.5) is 0 Å². The molecule has 0 aliphatic carbocycles. The first-order chi connectivity index (χ1) is 5.00. The van der Waals surface area contributed by atoms with Crippen molar-refractivity contribution in [1.82, 2.24) is 4.31 Å². The van der Waals surface area contributed by atoms with Gasteiger partial charge in [-0.05, 0) is 12.8 Å². The summed E-state index contributed by atoms with van der Waals surface area (Å²) in [6.45, 7) is 0.814. The Hall–Kier alpha value is -0.130. The Bertz CT molecular complexity index is 224. The number of rotatable bonds is 1. The second-order valence-electron chi connectivity index (χ2n) is 2.92. The summed E-state index contributed by atoms with van der Waals surface area (Å²) in [7, 11) is -3.09. The summed E-state index contributed by atoms with van der Waals surface area (Å²) in [5, 5.41) is 9.14. The Balaban J connectivity index is 2.60. The van der Waals surface area contributed by atoms with Crippen LogP contribution in [0, 0.1) is 0 Å². The van der Waals surface area contributed by atoms with E-state index in [1.807, 2.05) is 0 Å². The lowest BCUT2D eigenvalue weighted by atomic mass is 10.1. The van der Waals surface area contributed by atoms with E-state index in [-0.39, 0.29) is 6.54 Å². The molecular weight excluding hydrogens is 166 g/mol. The molecule has 1 N–H and O–H groups in total. The zero-order valence-electron chi connectivity index (χ0n) is 6.52. The molecule has 0 unspecified atom stereocenters. The zero-order valence-corrected chi connectivity index (χ0v) is 7.34. The van der Waals surface area contributed by atoms with Gasteiger partial charge in [0.15, 0.2) is 0 Å². The average molecular weight is 179 g/mol. The highest BCUT2D eigenvalue weighted by Crippen LogP contribution is 2.12. The van der Waals surface area contributed by atoms with Crippen LogP contribution in [0.1, 0.15) is 12.8 Å². The van der Waals surface area contributed by atoms with E-state index in [0.717, 1.165) is 6.42 Å². The number of hydrogen-bond donors (Lipinski definition) is 1. The van der Waals surface area contributed by atoms with Crippen molar-refractivity contribution in [3.8, 4) is 0 Å². The summed E-state index contributed by atoms with van der Waals surface area (Å²) in [5.74, 6) is 0. The molecule has 0 saturated carbocycles. The fourth-order valence-corrected chi connectivity index (χ4v) is 2.13. The summed E-state index contributed by atoms with van der Waals surface area (Å²) >= 11 is 0. The summed E-state index contributed by atoms with van der Waals surface area (Å²) in [6, 6.07) is 0. The van der Waals surface area contributed by atoms with Crippen LogP contribution in [0.15, 0.2) is 0 Å². The highest BCUT2D eigenvalue weighted by atomic mass is 32.2. The molecule has 1 rings (SSSR count). The van der Waals surface area contributed by atoms with E-state index in [0.29, 0.717) is 13.0 Å². The number of nitrogens with zero attached hydrogens (tertiary/aromatic N) is 1. The topological polar surface area (TPSA) is 57.6 Å². The Morgan fingerprint density at radius 2 is 2.18 bits per heavy atom. The van der Waals surface area contributed by atoms with Gasteiger partial charge in [-0.1, -0.05) is 0 Å². The minimum atomic E-state index is -3.09. The first-order valence-electron chi connectivity index (χ1n) is 3.63. The van der Waals surface area contributed by atoms with Gasteiger partial charge in [-0.2, -0.15) is 4.31 Å². The van der Waals surface area contributed by atoms with E-state index in [1.165, 1.54) is 10.6 Å². The average Bonchev–Trinajstić information content (AvgIpc) is 1.86. The van der Waals surface area contributed by atoms with Gasteiger partial charge in [0.25, 0.3) is 0 Å². The standard InChI is InChI=1S/C6H13NO3S/c1-11(9,10)7-4-2-3-6(8)5-7/h6,8H,2-5H2,1H3/t6-/m1/s1. The fraction of sp³-hybridized carbons (Fsp3) is 1.00. The monoisotopic (exact) mass is 179 g/mol. The number of sulfonamides is 1. The molecule has 5 heteroatoms. The van der Waals surface area contributed by atoms with E-state index in [2.05, 4.69) is 0 Å². The quantitative estimate of drug-likeness (QED) is 0.585. The smallest absolute Gasteiger partial charge is 0.211 e. The van der Waals surface area contributed by atoms with E-state index < -0.39 is 16.1 Å². The van der Waals surface area contributed by atoms with Crippen molar-refractivity contribution in [2.45, 2.75) is 18.9 Å². The van der Waals surface area contributed by atoms with Crippen molar-refractivity contribution in [1.29, 1.82) is 0 Å². The number of aliphatic hydroxyl groups excluding tert-OH is 1. The van der Waals surface area contributed by atoms with Gasteiger partial charge in [-0.3, -0.25) is 0 Å². The molecule has 1 aliphatic rings. The van der Waals surface area contributed by atoms with E-state index in [4.69, 9.17) is 5.11 Å². The maximum absolute atomic E-state index is 10.9. The third-order valence-corrected chi connectivity index (χ3v) is 3.10. The molecule has 11 heavy (non-hydrogen) atoms. The normalized spacial score (nSPS) is 28.7. The van der Waals surface area contributed by atoms with Gasteiger partial charge < -0.3 is 5.11 Å². The maximum atomic E-state index is 10.9. The Morgan fingerprint density at radius 3 is 2.55 bits per heavy atom.